The van der Waals surface area contributed by atoms with Crippen molar-refractivity contribution < 1.29 is 0 Å². The van der Waals surface area contributed by atoms with Gasteiger partial charge in [0.2, 0.25) is 5.95 Å². The summed E-state index contributed by atoms with van der Waals surface area (Å²) in [6.45, 7) is 4.28. The number of rotatable bonds is 3. The van der Waals surface area contributed by atoms with Gasteiger partial charge in [0.15, 0.2) is 0 Å². The van der Waals surface area contributed by atoms with E-state index in [-0.39, 0.29) is 0 Å². The quantitative estimate of drug-likeness (QED) is 0.745. The van der Waals surface area contributed by atoms with Crippen LogP contribution in [0.4, 0.5) is 11.6 Å². The molecule has 19 heavy (non-hydrogen) atoms. The summed E-state index contributed by atoms with van der Waals surface area (Å²) < 4.78 is 0. The summed E-state index contributed by atoms with van der Waals surface area (Å²) in [5.41, 5.74) is 2.92. The number of hydrogen-bond donors (Lipinski definition) is 2. The van der Waals surface area contributed by atoms with Crippen molar-refractivity contribution in [1.82, 2.24) is 15.0 Å². The van der Waals surface area contributed by atoms with Crippen molar-refractivity contribution in [2.75, 3.05) is 5.32 Å². The predicted octanol–water partition coefficient (Wildman–Crippen LogP) is 3.82. The monoisotopic (exact) mass is 252 g/mol. The normalized spacial score (nSPS) is 11.1. The summed E-state index contributed by atoms with van der Waals surface area (Å²) >= 11 is 0. The maximum atomic E-state index is 4.63. The van der Waals surface area contributed by atoms with Crippen molar-refractivity contribution in [3.05, 3.63) is 48.3 Å². The molecular formula is C15H16N4. The number of para-hydroxylation sites is 1. The molecule has 0 saturated heterocycles. The summed E-state index contributed by atoms with van der Waals surface area (Å²) in [6.07, 6.45) is 1.90. The van der Waals surface area contributed by atoms with Gasteiger partial charge in [-0.15, -0.1) is 0 Å². The number of aromatic amines is 1. The molecule has 0 atom stereocenters. The Labute approximate surface area is 111 Å². The fraction of sp³-hybridized carbons (Fsp3) is 0.200. The van der Waals surface area contributed by atoms with Crippen LogP contribution in [0, 0.1) is 0 Å². The summed E-state index contributed by atoms with van der Waals surface area (Å²) in [5.74, 6) is 0.988. The summed E-state index contributed by atoms with van der Waals surface area (Å²) in [6, 6.07) is 12.0. The summed E-state index contributed by atoms with van der Waals surface area (Å²) in [7, 11) is 0. The molecule has 3 rings (SSSR count). The van der Waals surface area contributed by atoms with Crippen molar-refractivity contribution >= 4 is 22.7 Å². The van der Waals surface area contributed by atoms with Crippen LogP contribution in [-0.2, 0) is 0 Å². The van der Waals surface area contributed by atoms with Crippen LogP contribution in [0.2, 0.25) is 0 Å². The third-order valence-electron chi connectivity index (χ3n) is 3.02. The third-order valence-corrected chi connectivity index (χ3v) is 3.02. The van der Waals surface area contributed by atoms with Gasteiger partial charge >= 0.3 is 0 Å². The zero-order valence-corrected chi connectivity index (χ0v) is 11.0. The van der Waals surface area contributed by atoms with Gasteiger partial charge in [-0.2, -0.15) is 4.98 Å². The van der Waals surface area contributed by atoms with Gasteiger partial charge in [0.1, 0.15) is 5.65 Å². The molecule has 96 valence electrons. The predicted molar refractivity (Wildman–Crippen MR) is 77.7 cm³/mol. The maximum absolute atomic E-state index is 4.63. The lowest BCUT2D eigenvalue weighted by Gasteiger charge is -2.10. The van der Waals surface area contributed by atoms with Gasteiger partial charge in [-0.1, -0.05) is 32.0 Å². The number of H-pyrrole nitrogens is 1. The molecule has 0 fully saturated rings. The Kier molecular flexibility index (Phi) is 2.91. The van der Waals surface area contributed by atoms with Gasteiger partial charge in [0.25, 0.3) is 0 Å². The van der Waals surface area contributed by atoms with Gasteiger partial charge < -0.3 is 10.3 Å². The Morgan fingerprint density at radius 1 is 1.05 bits per heavy atom. The van der Waals surface area contributed by atoms with E-state index in [2.05, 4.69) is 34.1 Å². The van der Waals surface area contributed by atoms with Crippen LogP contribution >= 0.6 is 0 Å². The zero-order valence-electron chi connectivity index (χ0n) is 11.0. The molecule has 0 unspecified atom stereocenters. The molecule has 4 heteroatoms. The molecule has 0 aliphatic carbocycles. The van der Waals surface area contributed by atoms with E-state index in [0.717, 1.165) is 22.4 Å². The molecule has 0 spiro atoms. The van der Waals surface area contributed by atoms with E-state index in [0.29, 0.717) is 11.9 Å². The average molecular weight is 252 g/mol. The molecule has 2 N–H and O–H groups in total. The maximum Gasteiger partial charge on any atom is 0.229 e. The number of nitrogens with zero attached hydrogens (tertiary/aromatic N) is 2. The second-order valence-electron chi connectivity index (χ2n) is 4.82. The molecule has 0 amide bonds. The van der Waals surface area contributed by atoms with Gasteiger partial charge in [-0.05, 0) is 24.1 Å². The van der Waals surface area contributed by atoms with Crippen molar-refractivity contribution in [2.24, 2.45) is 0 Å². The Morgan fingerprint density at radius 3 is 2.58 bits per heavy atom. The molecule has 4 nitrogen and oxygen atoms in total. The lowest BCUT2D eigenvalue weighted by atomic mass is 10.1. The van der Waals surface area contributed by atoms with Crippen LogP contribution < -0.4 is 5.32 Å². The lowest BCUT2D eigenvalue weighted by Crippen LogP contribution is -2.02. The number of hydrogen-bond acceptors (Lipinski definition) is 3. The van der Waals surface area contributed by atoms with Crippen molar-refractivity contribution in [2.45, 2.75) is 19.8 Å². The van der Waals surface area contributed by atoms with Crippen LogP contribution in [0.5, 0.6) is 0 Å². The number of aromatic nitrogens is 3. The Morgan fingerprint density at radius 2 is 1.84 bits per heavy atom. The topological polar surface area (TPSA) is 53.6 Å². The van der Waals surface area contributed by atoms with Gasteiger partial charge in [-0.3, -0.25) is 0 Å². The van der Waals surface area contributed by atoms with E-state index in [1.54, 1.807) is 0 Å². The van der Waals surface area contributed by atoms with Crippen LogP contribution in [-0.4, -0.2) is 15.0 Å². The first-order valence-corrected chi connectivity index (χ1v) is 6.41. The smallest absolute Gasteiger partial charge is 0.229 e. The number of anilines is 2. The first kappa shape index (κ1) is 11.7. The highest BCUT2D eigenvalue weighted by atomic mass is 15.1. The average Bonchev–Trinajstić information content (AvgIpc) is 2.87. The molecule has 1 aromatic carbocycles. The first-order valence-electron chi connectivity index (χ1n) is 6.41. The largest absolute Gasteiger partial charge is 0.346 e. The SMILES string of the molecule is CC(C)c1nc(Nc2ccccc2)nc2[nH]ccc12. The summed E-state index contributed by atoms with van der Waals surface area (Å²) in [5, 5.41) is 4.33. The van der Waals surface area contributed by atoms with Crippen LogP contribution in [0.25, 0.3) is 11.0 Å². The molecule has 3 aromatic rings. The minimum absolute atomic E-state index is 0.359. The van der Waals surface area contributed by atoms with E-state index in [9.17, 15) is 0 Å². The molecule has 0 aliphatic heterocycles. The highest BCUT2D eigenvalue weighted by Crippen LogP contribution is 2.24. The first-order chi connectivity index (χ1) is 9.24. The standard InChI is InChI=1S/C15H16N4/c1-10(2)13-12-8-9-16-14(12)19-15(18-13)17-11-6-4-3-5-7-11/h3-10H,1-2H3,(H2,16,17,18,19). The Bertz CT molecular complexity index is 686. The second-order valence-corrected chi connectivity index (χ2v) is 4.82. The fourth-order valence-electron chi connectivity index (χ4n) is 2.11. The van der Waals surface area contributed by atoms with Crippen molar-refractivity contribution in [3.8, 4) is 0 Å². The minimum Gasteiger partial charge on any atom is -0.346 e. The molecule has 0 aliphatic rings. The Balaban J connectivity index is 2.04. The fourth-order valence-corrected chi connectivity index (χ4v) is 2.11. The van der Waals surface area contributed by atoms with Crippen LogP contribution in [0.1, 0.15) is 25.5 Å². The number of nitrogens with one attached hydrogen (secondary N) is 2. The zero-order chi connectivity index (χ0) is 13.2. The highest BCUT2D eigenvalue weighted by Gasteiger charge is 2.11. The van der Waals surface area contributed by atoms with Gasteiger partial charge in [0.05, 0.1) is 5.69 Å². The Hall–Kier alpha value is -2.36. The van der Waals surface area contributed by atoms with E-state index < -0.39 is 0 Å². The molecule has 2 heterocycles. The molecule has 0 saturated carbocycles. The van der Waals surface area contributed by atoms with Gasteiger partial charge in [0, 0.05) is 17.3 Å². The molecule has 0 bridgehead atoms. The van der Waals surface area contributed by atoms with E-state index >= 15 is 0 Å². The highest BCUT2D eigenvalue weighted by molar-refractivity contribution is 5.80. The lowest BCUT2D eigenvalue weighted by molar-refractivity contribution is 0.831. The van der Waals surface area contributed by atoms with Crippen LogP contribution in [0.3, 0.4) is 0 Å². The molecular weight excluding hydrogens is 236 g/mol. The van der Waals surface area contributed by atoms with Crippen LogP contribution in [0.15, 0.2) is 42.6 Å². The number of benzene rings is 1. The third kappa shape index (κ3) is 2.29. The van der Waals surface area contributed by atoms with Gasteiger partial charge in [-0.25, -0.2) is 4.98 Å². The van der Waals surface area contributed by atoms with E-state index in [1.807, 2.05) is 42.6 Å². The van der Waals surface area contributed by atoms with E-state index in [1.165, 1.54) is 0 Å². The van der Waals surface area contributed by atoms with E-state index in [4.69, 9.17) is 0 Å². The van der Waals surface area contributed by atoms with Crippen molar-refractivity contribution in [1.29, 1.82) is 0 Å². The van der Waals surface area contributed by atoms with Crippen molar-refractivity contribution in [3.63, 3.8) is 0 Å². The molecule has 0 radical (unpaired) electrons. The second kappa shape index (κ2) is 4.72. The minimum atomic E-state index is 0.359. The summed E-state index contributed by atoms with van der Waals surface area (Å²) in [4.78, 5) is 12.3. The molecule has 2 aromatic heterocycles. The number of fused-ring (bicyclic) bond motifs is 1.